The van der Waals surface area contributed by atoms with Gasteiger partial charge in [-0.15, -0.1) is 0 Å². The summed E-state index contributed by atoms with van der Waals surface area (Å²) in [4.78, 5) is 13.6. The van der Waals surface area contributed by atoms with Crippen LogP contribution in [0.4, 0.5) is 0 Å². The molecule has 1 aromatic rings. The van der Waals surface area contributed by atoms with E-state index in [1.807, 2.05) is 4.90 Å². The van der Waals surface area contributed by atoms with Crippen LogP contribution in [0, 0.1) is 0 Å². The Morgan fingerprint density at radius 3 is 2.33 bits per heavy atom. The van der Waals surface area contributed by atoms with Crippen molar-refractivity contribution in [1.82, 2.24) is 4.90 Å². The zero-order valence-corrected chi connectivity index (χ0v) is 11.9. The van der Waals surface area contributed by atoms with Crippen molar-refractivity contribution >= 4 is 5.91 Å². The van der Waals surface area contributed by atoms with Gasteiger partial charge in [-0.3, -0.25) is 4.79 Å². The third-order valence-electron chi connectivity index (χ3n) is 3.82. The quantitative estimate of drug-likeness (QED) is 0.739. The Hall–Kier alpha value is -1.31. The fraction of sp³-hybridized carbons (Fsp3) is 0.562. The fourth-order valence-corrected chi connectivity index (χ4v) is 2.70. The molecule has 0 N–H and O–H groups in total. The summed E-state index contributed by atoms with van der Waals surface area (Å²) in [7, 11) is 0. The monoisotopic (exact) mass is 245 g/mol. The molecule has 1 aliphatic heterocycles. The molecule has 2 rings (SSSR count). The first-order chi connectivity index (χ1) is 8.39. The van der Waals surface area contributed by atoms with Crippen molar-refractivity contribution < 1.29 is 4.79 Å². The predicted molar refractivity (Wildman–Crippen MR) is 74.5 cm³/mol. The minimum Gasteiger partial charge on any atom is -0.336 e. The van der Waals surface area contributed by atoms with Crippen LogP contribution in [0.15, 0.2) is 24.3 Å². The Kier molecular flexibility index (Phi) is 3.47. The molecule has 0 aromatic heterocycles. The fourth-order valence-electron chi connectivity index (χ4n) is 2.70. The van der Waals surface area contributed by atoms with Gasteiger partial charge < -0.3 is 4.90 Å². The first-order valence-electron chi connectivity index (χ1n) is 6.77. The molecule has 1 heterocycles. The summed E-state index contributed by atoms with van der Waals surface area (Å²) < 4.78 is 0. The van der Waals surface area contributed by atoms with Gasteiger partial charge in [0.05, 0.1) is 6.04 Å². The number of likely N-dealkylation sites (tertiary alicyclic amines) is 1. The molecule has 0 bridgehead atoms. The van der Waals surface area contributed by atoms with E-state index in [2.05, 4.69) is 45.0 Å². The predicted octanol–water partition coefficient (Wildman–Crippen LogP) is 3.67. The van der Waals surface area contributed by atoms with Crippen LogP contribution >= 0.6 is 0 Å². The van der Waals surface area contributed by atoms with Crippen LogP contribution in [-0.2, 0) is 10.2 Å². The van der Waals surface area contributed by atoms with E-state index in [0.29, 0.717) is 0 Å². The number of amides is 1. The van der Waals surface area contributed by atoms with Gasteiger partial charge in [-0.1, -0.05) is 45.0 Å². The summed E-state index contributed by atoms with van der Waals surface area (Å²) >= 11 is 0. The highest BCUT2D eigenvalue weighted by Crippen LogP contribution is 2.33. The van der Waals surface area contributed by atoms with E-state index in [9.17, 15) is 4.79 Å². The second kappa shape index (κ2) is 4.75. The highest BCUT2D eigenvalue weighted by atomic mass is 16.2. The van der Waals surface area contributed by atoms with Gasteiger partial charge in [-0.25, -0.2) is 0 Å². The minimum atomic E-state index is 0.189. The van der Waals surface area contributed by atoms with Gasteiger partial charge in [-0.05, 0) is 29.4 Å². The Labute approximate surface area is 110 Å². The Balaban J connectivity index is 2.22. The average molecular weight is 245 g/mol. The van der Waals surface area contributed by atoms with Gasteiger partial charge in [0.25, 0.3) is 0 Å². The van der Waals surface area contributed by atoms with E-state index in [1.165, 1.54) is 11.1 Å². The zero-order valence-electron chi connectivity index (χ0n) is 11.9. The van der Waals surface area contributed by atoms with E-state index in [0.717, 1.165) is 19.4 Å². The molecule has 1 unspecified atom stereocenters. The van der Waals surface area contributed by atoms with Crippen molar-refractivity contribution in [2.24, 2.45) is 0 Å². The molecule has 98 valence electrons. The highest BCUT2D eigenvalue weighted by Gasteiger charge is 2.27. The number of carbonyl (C=O) groups is 1. The van der Waals surface area contributed by atoms with Crippen molar-refractivity contribution in [1.29, 1.82) is 0 Å². The van der Waals surface area contributed by atoms with E-state index < -0.39 is 0 Å². The zero-order chi connectivity index (χ0) is 13.3. The maximum Gasteiger partial charge on any atom is 0.219 e. The molecule has 1 amide bonds. The third-order valence-corrected chi connectivity index (χ3v) is 3.82. The lowest BCUT2D eigenvalue weighted by Gasteiger charge is -2.25. The van der Waals surface area contributed by atoms with E-state index >= 15 is 0 Å². The van der Waals surface area contributed by atoms with Crippen molar-refractivity contribution in [3.8, 4) is 0 Å². The summed E-state index contributed by atoms with van der Waals surface area (Å²) in [5, 5.41) is 0. The summed E-state index contributed by atoms with van der Waals surface area (Å²) in [6, 6.07) is 9.06. The molecule has 1 fully saturated rings. The van der Waals surface area contributed by atoms with Gasteiger partial charge in [0.15, 0.2) is 0 Å². The van der Waals surface area contributed by atoms with Crippen LogP contribution in [-0.4, -0.2) is 17.4 Å². The summed E-state index contributed by atoms with van der Waals surface area (Å²) in [6.07, 6.45) is 2.21. The molecule has 1 aromatic carbocycles. The van der Waals surface area contributed by atoms with E-state index in [1.54, 1.807) is 6.92 Å². The molecule has 1 aliphatic rings. The Morgan fingerprint density at radius 1 is 1.22 bits per heavy atom. The molecule has 0 aliphatic carbocycles. The standard InChI is InChI=1S/C16H23NO/c1-12(18)17-11-5-6-15(17)13-7-9-14(10-8-13)16(2,3)4/h7-10,15H,5-6,11H2,1-4H3. The first-order valence-corrected chi connectivity index (χ1v) is 6.77. The van der Waals surface area contributed by atoms with Crippen molar-refractivity contribution in [2.75, 3.05) is 6.54 Å². The summed E-state index contributed by atoms with van der Waals surface area (Å²) in [5.41, 5.74) is 2.81. The number of benzene rings is 1. The van der Waals surface area contributed by atoms with Crippen molar-refractivity contribution in [3.63, 3.8) is 0 Å². The Bertz CT molecular complexity index is 427. The van der Waals surface area contributed by atoms with Gasteiger partial charge in [0.1, 0.15) is 0 Å². The van der Waals surface area contributed by atoms with Crippen LogP contribution in [0.3, 0.4) is 0 Å². The lowest BCUT2D eigenvalue weighted by Crippen LogP contribution is -2.28. The summed E-state index contributed by atoms with van der Waals surface area (Å²) in [6.45, 7) is 9.24. The first kappa shape index (κ1) is 13.1. The number of rotatable bonds is 1. The number of hydrogen-bond acceptors (Lipinski definition) is 1. The molecule has 1 saturated heterocycles. The van der Waals surface area contributed by atoms with E-state index in [4.69, 9.17) is 0 Å². The Morgan fingerprint density at radius 2 is 1.83 bits per heavy atom. The molecule has 1 atom stereocenters. The van der Waals surface area contributed by atoms with Crippen molar-refractivity contribution in [2.45, 2.75) is 52.0 Å². The normalized spacial score (nSPS) is 20.2. The topological polar surface area (TPSA) is 20.3 Å². The highest BCUT2D eigenvalue weighted by molar-refractivity contribution is 5.74. The molecule has 18 heavy (non-hydrogen) atoms. The summed E-state index contributed by atoms with van der Waals surface area (Å²) in [5.74, 6) is 0.192. The SMILES string of the molecule is CC(=O)N1CCCC1c1ccc(C(C)(C)C)cc1. The maximum absolute atomic E-state index is 11.6. The van der Waals surface area contributed by atoms with Crippen LogP contribution in [0.5, 0.6) is 0 Å². The van der Waals surface area contributed by atoms with Gasteiger partial charge in [-0.2, -0.15) is 0 Å². The van der Waals surface area contributed by atoms with Crippen LogP contribution in [0.1, 0.15) is 57.7 Å². The molecule has 0 spiro atoms. The lowest BCUT2D eigenvalue weighted by molar-refractivity contribution is -0.129. The smallest absolute Gasteiger partial charge is 0.219 e. The average Bonchev–Trinajstić information content (AvgIpc) is 2.77. The maximum atomic E-state index is 11.6. The molecular formula is C16H23NO. The number of nitrogens with zero attached hydrogens (tertiary/aromatic N) is 1. The number of carbonyl (C=O) groups excluding carboxylic acids is 1. The largest absolute Gasteiger partial charge is 0.336 e. The van der Waals surface area contributed by atoms with Crippen LogP contribution in [0.25, 0.3) is 0 Å². The molecule has 2 heteroatoms. The molecule has 2 nitrogen and oxygen atoms in total. The second-order valence-corrected chi connectivity index (χ2v) is 6.24. The van der Waals surface area contributed by atoms with Crippen LogP contribution in [0.2, 0.25) is 0 Å². The van der Waals surface area contributed by atoms with E-state index in [-0.39, 0.29) is 17.4 Å². The molecule has 0 saturated carbocycles. The third kappa shape index (κ3) is 2.58. The van der Waals surface area contributed by atoms with Gasteiger partial charge in [0, 0.05) is 13.5 Å². The minimum absolute atomic E-state index is 0.189. The molecular weight excluding hydrogens is 222 g/mol. The van der Waals surface area contributed by atoms with Crippen LogP contribution < -0.4 is 0 Å². The number of hydrogen-bond donors (Lipinski definition) is 0. The molecule has 0 radical (unpaired) electrons. The lowest BCUT2D eigenvalue weighted by atomic mass is 9.86. The second-order valence-electron chi connectivity index (χ2n) is 6.24. The van der Waals surface area contributed by atoms with Crippen molar-refractivity contribution in [3.05, 3.63) is 35.4 Å². The van der Waals surface area contributed by atoms with Gasteiger partial charge >= 0.3 is 0 Å². The van der Waals surface area contributed by atoms with Gasteiger partial charge in [0.2, 0.25) is 5.91 Å².